The fraction of sp³-hybridized carbons (Fsp3) is 0.879. The number of cyclic esters (lactones) is 1. The standard InChI is InChI=1S/C58H100O20/c1-31(2)22-47(76-53-29-49(57(68)38(9)73-53)77-51-27-45(63)55(66)36(7)71-51)34(5)54(65)33(4)43(61)26-46-32(3)18-14-11-12-15-19-39(59)23-41(74-52-28-48(70-10)56(67)37(8)72-52)24-42-25-44(62)35(6)58(69,78-42)30-40(60)20-16-13-17-21-50(64)75-46/h11-12,14-15,18-19,31-49,51-57,59-63,65-69H,13,16-17,20-30H2,1-10H3/b12-11+,18-14+,19-15+/t32-,33-,34-,35+,36+,37+,38+,39+,40+,41+,42+,43+,44-,45+,46+,47-,48+,49+,51-,52-,53-,54+,55+,56+,57+,58-/m0/s1. The number of hydrogen-bond donors (Lipinski definition) is 10. The van der Waals surface area contributed by atoms with Crippen molar-refractivity contribution in [2.45, 2.75) is 287 Å². The molecule has 0 spiro atoms. The summed E-state index contributed by atoms with van der Waals surface area (Å²) in [4.78, 5) is 13.5. The van der Waals surface area contributed by atoms with Crippen LogP contribution in [-0.2, 0) is 47.4 Å². The highest BCUT2D eigenvalue weighted by Gasteiger charge is 2.49. The average Bonchev–Trinajstić information content (AvgIpc) is 3.39. The van der Waals surface area contributed by atoms with Crippen molar-refractivity contribution in [3.8, 4) is 0 Å². The van der Waals surface area contributed by atoms with E-state index in [1.54, 1.807) is 65.0 Å². The summed E-state index contributed by atoms with van der Waals surface area (Å²) < 4.78 is 54.9. The van der Waals surface area contributed by atoms with Crippen LogP contribution in [-0.4, -0.2) is 199 Å². The highest BCUT2D eigenvalue weighted by molar-refractivity contribution is 5.69. The lowest BCUT2D eigenvalue weighted by molar-refractivity contribution is -0.318. The second kappa shape index (κ2) is 31.6. The summed E-state index contributed by atoms with van der Waals surface area (Å²) in [6, 6.07) is 0. The summed E-state index contributed by atoms with van der Waals surface area (Å²) in [5, 5.41) is 111. The van der Waals surface area contributed by atoms with Crippen LogP contribution in [0.1, 0.15) is 152 Å². The Hall–Kier alpha value is -2.03. The largest absolute Gasteiger partial charge is 0.462 e. The normalized spacial score (nSPS) is 43.7. The van der Waals surface area contributed by atoms with Gasteiger partial charge in [0.05, 0.1) is 85.5 Å². The summed E-state index contributed by atoms with van der Waals surface area (Å²) in [6.07, 6.45) is -4.10. The molecule has 0 saturated carbocycles. The maximum absolute atomic E-state index is 13.5. The predicted octanol–water partition coefficient (Wildman–Crippen LogP) is 3.98. The van der Waals surface area contributed by atoms with E-state index in [2.05, 4.69) is 0 Å². The van der Waals surface area contributed by atoms with Crippen LogP contribution in [0, 0.1) is 29.6 Å². The number of ether oxygens (including phenoxy) is 9. The van der Waals surface area contributed by atoms with E-state index in [1.165, 1.54) is 7.11 Å². The van der Waals surface area contributed by atoms with Crippen LogP contribution in [0.2, 0.25) is 0 Å². The first-order chi connectivity index (χ1) is 36.8. The zero-order valence-corrected chi connectivity index (χ0v) is 47.9. The lowest BCUT2D eigenvalue weighted by Crippen LogP contribution is -2.55. The van der Waals surface area contributed by atoms with Gasteiger partial charge in [-0.1, -0.05) is 90.8 Å². The van der Waals surface area contributed by atoms with E-state index < -0.39 is 158 Å². The molecule has 0 aliphatic carbocycles. The number of fused-ring (bicyclic) bond motifs is 2. The molecule has 0 amide bonds. The van der Waals surface area contributed by atoms with Crippen LogP contribution >= 0.6 is 0 Å². The lowest BCUT2D eigenvalue weighted by Gasteiger charge is -2.46. The quantitative estimate of drug-likeness (QED) is 0.104. The molecule has 4 saturated heterocycles. The van der Waals surface area contributed by atoms with Crippen LogP contribution < -0.4 is 0 Å². The first kappa shape index (κ1) is 66.8. The Labute approximate surface area is 463 Å². The third kappa shape index (κ3) is 19.8. The minimum absolute atomic E-state index is 0.00729. The highest BCUT2D eigenvalue weighted by atomic mass is 16.7. The number of methoxy groups -OCH3 is 1. The number of hydrogen-bond acceptors (Lipinski definition) is 20. The molecule has 2 bridgehead atoms. The van der Waals surface area contributed by atoms with Crippen molar-refractivity contribution in [3.63, 3.8) is 0 Å². The van der Waals surface area contributed by atoms with Gasteiger partial charge in [-0.05, 0) is 46.0 Å². The van der Waals surface area contributed by atoms with Gasteiger partial charge < -0.3 is 93.7 Å². The maximum atomic E-state index is 13.5. The fourth-order valence-electron chi connectivity index (χ4n) is 11.5. The smallest absolute Gasteiger partial charge is 0.306 e. The van der Waals surface area contributed by atoms with Crippen LogP contribution in [0.25, 0.3) is 0 Å². The van der Waals surface area contributed by atoms with E-state index in [0.29, 0.717) is 32.1 Å². The van der Waals surface area contributed by atoms with E-state index in [-0.39, 0.29) is 69.6 Å². The zero-order chi connectivity index (χ0) is 57.6. The molecule has 26 atom stereocenters. The maximum Gasteiger partial charge on any atom is 0.306 e. The van der Waals surface area contributed by atoms with Crippen molar-refractivity contribution in [2.75, 3.05) is 7.11 Å². The van der Waals surface area contributed by atoms with E-state index in [1.807, 2.05) is 33.8 Å². The molecular weight excluding hydrogens is 1020 g/mol. The van der Waals surface area contributed by atoms with Gasteiger partial charge in [-0.3, -0.25) is 4.79 Å². The summed E-state index contributed by atoms with van der Waals surface area (Å²) in [6.45, 7) is 16.3. The summed E-state index contributed by atoms with van der Waals surface area (Å²) in [7, 11) is 1.50. The highest BCUT2D eigenvalue weighted by Crippen LogP contribution is 2.40. The molecule has 20 nitrogen and oxygen atoms in total. The van der Waals surface area contributed by atoms with Crippen molar-refractivity contribution in [1.82, 2.24) is 0 Å². The molecule has 0 radical (unpaired) electrons. The minimum Gasteiger partial charge on any atom is -0.462 e. The van der Waals surface area contributed by atoms with Gasteiger partial charge in [0.25, 0.3) is 0 Å². The summed E-state index contributed by atoms with van der Waals surface area (Å²) in [5.41, 5.74) is 0. The third-order valence-corrected chi connectivity index (χ3v) is 16.8. The molecule has 5 rings (SSSR count). The molecule has 452 valence electrons. The van der Waals surface area contributed by atoms with Gasteiger partial charge in [0.15, 0.2) is 24.7 Å². The van der Waals surface area contributed by atoms with Gasteiger partial charge in [-0.15, -0.1) is 0 Å². The first-order valence-electron chi connectivity index (χ1n) is 29.0. The number of allylic oxidation sites excluding steroid dienone is 4. The minimum atomic E-state index is -1.87. The van der Waals surface area contributed by atoms with Crippen LogP contribution in [0.5, 0.6) is 0 Å². The molecular formula is C58H100O20. The molecule has 4 fully saturated rings. The molecule has 10 N–H and O–H groups in total. The fourth-order valence-corrected chi connectivity index (χ4v) is 11.5. The van der Waals surface area contributed by atoms with Gasteiger partial charge in [0, 0.05) is 88.6 Å². The van der Waals surface area contributed by atoms with Crippen LogP contribution in [0.4, 0.5) is 0 Å². The Kier molecular flexibility index (Phi) is 27.0. The van der Waals surface area contributed by atoms with Crippen molar-refractivity contribution in [3.05, 3.63) is 36.5 Å². The molecule has 5 aliphatic rings. The molecule has 0 aromatic carbocycles. The number of carbonyl (C=O) groups excluding carboxylic acids is 1. The number of rotatable bonds is 15. The molecule has 20 heteroatoms. The van der Waals surface area contributed by atoms with Gasteiger partial charge in [-0.2, -0.15) is 0 Å². The van der Waals surface area contributed by atoms with E-state index in [4.69, 9.17) is 42.6 Å². The van der Waals surface area contributed by atoms with E-state index in [9.17, 15) is 55.9 Å². The van der Waals surface area contributed by atoms with Crippen LogP contribution in [0.3, 0.4) is 0 Å². The van der Waals surface area contributed by atoms with Crippen LogP contribution in [0.15, 0.2) is 36.5 Å². The Morgan fingerprint density at radius 1 is 0.679 bits per heavy atom. The van der Waals surface area contributed by atoms with Crippen molar-refractivity contribution < 1.29 is 98.5 Å². The predicted molar refractivity (Wildman–Crippen MR) is 286 cm³/mol. The Morgan fingerprint density at radius 3 is 1.95 bits per heavy atom. The first-order valence-corrected chi connectivity index (χ1v) is 29.0. The van der Waals surface area contributed by atoms with Gasteiger partial charge in [-0.25, -0.2) is 0 Å². The second-order valence-corrected chi connectivity index (χ2v) is 23.8. The Morgan fingerprint density at radius 2 is 1.29 bits per heavy atom. The Bertz CT molecular complexity index is 1830. The zero-order valence-electron chi connectivity index (χ0n) is 47.9. The third-order valence-electron chi connectivity index (χ3n) is 16.8. The molecule has 0 aromatic rings. The van der Waals surface area contributed by atoms with Gasteiger partial charge >= 0.3 is 5.97 Å². The average molecular weight is 1120 g/mol. The molecule has 0 aromatic heterocycles. The molecule has 5 heterocycles. The summed E-state index contributed by atoms with van der Waals surface area (Å²) in [5.74, 6) is -4.52. The van der Waals surface area contributed by atoms with Gasteiger partial charge in [0.1, 0.15) is 24.4 Å². The monoisotopic (exact) mass is 1120 g/mol. The molecule has 0 unspecified atom stereocenters. The number of carbonyl (C=O) groups is 1. The Balaban J connectivity index is 1.27. The van der Waals surface area contributed by atoms with E-state index >= 15 is 0 Å². The summed E-state index contributed by atoms with van der Waals surface area (Å²) >= 11 is 0. The van der Waals surface area contributed by atoms with Crippen molar-refractivity contribution in [2.24, 2.45) is 29.6 Å². The molecule has 5 aliphatic heterocycles. The molecule has 78 heavy (non-hydrogen) atoms. The topological polar surface area (TPSA) is 302 Å². The van der Waals surface area contributed by atoms with Crippen molar-refractivity contribution in [1.29, 1.82) is 0 Å². The number of esters is 1. The van der Waals surface area contributed by atoms with Crippen molar-refractivity contribution >= 4 is 5.97 Å². The second-order valence-electron chi connectivity index (χ2n) is 23.8. The number of aliphatic hydroxyl groups is 10. The lowest BCUT2D eigenvalue weighted by atomic mass is 9.81. The number of aliphatic hydroxyl groups excluding tert-OH is 9. The SMILES string of the molecule is CO[C@@H]1C[C@H](O[C@H]2C[C@@H]3C[C@H](O)[C@@H](C)[C@](O)(C[C@H](O)CCCCCC(=O)O[C@H](C[C@@H](O)[C@H](C)[C@@H](O)[C@@H](C)[C@H](CC(C)C)O[C@H]4C[C@@H](O[C@H]5C[C@@H](O)[C@H](O)[C@@H](C)O5)[C@H](O)[C@@H](C)O4)[C@@H](C)/C=C/C=C/C=C/[C@@H](O)C2)O3)O[C@H](C)[C@H]1O. The van der Waals surface area contributed by atoms with E-state index in [0.717, 1.165) is 0 Å². The van der Waals surface area contributed by atoms with Gasteiger partial charge in [0.2, 0.25) is 0 Å².